The standard InChI is InChI=1S/C19H18O5S/c1-19(23-2)13-12-17(20)18(24-19)14-8-10-16(11-9-14)25(21,22)15-6-4-3-5-7-15/h3-13,18H,1-2H3/t18-,19-/m1/s1. The maximum Gasteiger partial charge on any atom is 0.206 e. The second-order valence-electron chi connectivity index (χ2n) is 5.84. The van der Waals surface area contributed by atoms with Crippen LogP contribution in [0, 0.1) is 0 Å². The fourth-order valence-corrected chi connectivity index (χ4v) is 3.84. The van der Waals surface area contributed by atoms with E-state index in [0.29, 0.717) is 5.56 Å². The average Bonchev–Trinajstić information content (AvgIpc) is 2.65. The lowest BCUT2D eigenvalue weighted by atomic mass is 10.0. The van der Waals surface area contributed by atoms with Gasteiger partial charge in [0.05, 0.1) is 9.79 Å². The average molecular weight is 358 g/mol. The van der Waals surface area contributed by atoms with Crippen LogP contribution < -0.4 is 0 Å². The van der Waals surface area contributed by atoms with Crippen molar-refractivity contribution >= 4 is 15.6 Å². The van der Waals surface area contributed by atoms with E-state index >= 15 is 0 Å². The number of benzene rings is 2. The van der Waals surface area contributed by atoms with Crippen molar-refractivity contribution in [2.24, 2.45) is 0 Å². The van der Waals surface area contributed by atoms with Gasteiger partial charge in [-0.3, -0.25) is 4.79 Å². The van der Waals surface area contributed by atoms with Crippen molar-refractivity contribution in [2.45, 2.75) is 28.6 Å². The van der Waals surface area contributed by atoms with E-state index in [0.717, 1.165) is 0 Å². The topological polar surface area (TPSA) is 69.7 Å². The highest BCUT2D eigenvalue weighted by atomic mass is 32.2. The molecule has 1 aliphatic rings. The second kappa shape index (κ2) is 6.55. The van der Waals surface area contributed by atoms with E-state index in [1.54, 1.807) is 55.5 Å². The Kier molecular flexibility index (Phi) is 4.60. The number of ketones is 1. The van der Waals surface area contributed by atoms with Crippen molar-refractivity contribution in [1.29, 1.82) is 0 Å². The summed E-state index contributed by atoms with van der Waals surface area (Å²) in [6.07, 6.45) is 2.15. The summed E-state index contributed by atoms with van der Waals surface area (Å²) in [6, 6.07) is 14.3. The second-order valence-corrected chi connectivity index (χ2v) is 7.79. The summed E-state index contributed by atoms with van der Waals surface area (Å²) in [7, 11) is -2.10. The third kappa shape index (κ3) is 3.42. The van der Waals surface area contributed by atoms with Gasteiger partial charge in [0, 0.05) is 7.11 Å². The summed E-state index contributed by atoms with van der Waals surface area (Å²) in [5.74, 6) is -1.21. The molecule has 0 saturated carbocycles. The normalized spacial score (nSPS) is 23.6. The summed E-state index contributed by atoms with van der Waals surface area (Å²) >= 11 is 0. The van der Waals surface area contributed by atoms with Crippen LogP contribution in [0.1, 0.15) is 18.6 Å². The molecule has 6 heteroatoms. The first kappa shape index (κ1) is 17.5. The molecule has 0 amide bonds. The quantitative estimate of drug-likeness (QED) is 0.840. The van der Waals surface area contributed by atoms with Gasteiger partial charge in [-0.05, 0) is 48.9 Å². The molecule has 0 bridgehead atoms. The molecule has 0 spiro atoms. The monoisotopic (exact) mass is 358 g/mol. The molecular formula is C19H18O5S. The van der Waals surface area contributed by atoms with Crippen molar-refractivity contribution in [1.82, 2.24) is 0 Å². The van der Waals surface area contributed by atoms with Crippen LogP contribution in [0.25, 0.3) is 0 Å². The first-order valence-electron chi connectivity index (χ1n) is 7.72. The van der Waals surface area contributed by atoms with Crippen molar-refractivity contribution in [3.63, 3.8) is 0 Å². The number of carbonyl (C=O) groups excluding carboxylic acids is 1. The zero-order valence-corrected chi connectivity index (χ0v) is 14.7. The minimum absolute atomic E-state index is 0.163. The minimum atomic E-state index is -3.59. The van der Waals surface area contributed by atoms with E-state index < -0.39 is 21.7 Å². The van der Waals surface area contributed by atoms with E-state index in [-0.39, 0.29) is 15.6 Å². The highest BCUT2D eigenvalue weighted by Crippen LogP contribution is 2.32. The Morgan fingerprint density at radius 2 is 1.60 bits per heavy atom. The number of methoxy groups -OCH3 is 1. The molecule has 25 heavy (non-hydrogen) atoms. The minimum Gasteiger partial charge on any atom is -0.350 e. The van der Waals surface area contributed by atoms with Crippen LogP contribution >= 0.6 is 0 Å². The van der Waals surface area contributed by atoms with E-state index in [9.17, 15) is 13.2 Å². The number of hydrogen-bond acceptors (Lipinski definition) is 5. The third-order valence-electron chi connectivity index (χ3n) is 4.11. The van der Waals surface area contributed by atoms with E-state index in [4.69, 9.17) is 9.47 Å². The molecule has 1 aliphatic heterocycles. The molecule has 2 aromatic rings. The predicted octanol–water partition coefficient (Wildman–Crippen LogP) is 3.08. The van der Waals surface area contributed by atoms with Gasteiger partial charge < -0.3 is 9.47 Å². The molecule has 0 saturated heterocycles. The smallest absolute Gasteiger partial charge is 0.206 e. The molecule has 3 rings (SSSR count). The van der Waals surface area contributed by atoms with Gasteiger partial charge in [0.15, 0.2) is 11.6 Å². The summed E-state index contributed by atoms with van der Waals surface area (Å²) < 4.78 is 36.2. The van der Waals surface area contributed by atoms with Crippen molar-refractivity contribution in [2.75, 3.05) is 7.11 Å². The first-order chi connectivity index (χ1) is 11.9. The Labute approximate surface area is 146 Å². The zero-order valence-electron chi connectivity index (χ0n) is 13.9. The number of hydrogen-bond donors (Lipinski definition) is 0. The van der Waals surface area contributed by atoms with Crippen LogP contribution in [0.4, 0.5) is 0 Å². The molecule has 0 unspecified atom stereocenters. The number of carbonyl (C=O) groups is 1. The highest BCUT2D eigenvalue weighted by molar-refractivity contribution is 7.91. The van der Waals surface area contributed by atoms with E-state index in [1.165, 1.54) is 25.3 Å². The summed E-state index contributed by atoms with van der Waals surface area (Å²) in [5, 5.41) is 0. The predicted molar refractivity (Wildman–Crippen MR) is 91.7 cm³/mol. The van der Waals surface area contributed by atoms with Crippen molar-refractivity contribution in [3.8, 4) is 0 Å². The number of rotatable bonds is 4. The maximum absolute atomic E-state index is 12.6. The molecule has 0 fully saturated rings. The Hall–Kier alpha value is -2.28. The van der Waals surface area contributed by atoms with E-state index in [2.05, 4.69) is 0 Å². The summed E-state index contributed by atoms with van der Waals surface area (Å²) in [6.45, 7) is 1.71. The highest BCUT2D eigenvalue weighted by Gasteiger charge is 2.34. The Bertz CT molecular complexity index is 901. The molecule has 0 N–H and O–H groups in total. The van der Waals surface area contributed by atoms with Crippen molar-refractivity contribution in [3.05, 3.63) is 72.3 Å². The lowest BCUT2D eigenvalue weighted by Gasteiger charge is -2.32. The Morgan fingerprint density at radius 1 is 1.00 bits per heavy atom. The van der Waals surface area contributed by atoms with Crippen LogP contribution in [-0.2, 0) is 24.1 Å². The third-order valence-corrected chi connectivity index (χ3v) is 5.90. The molecular weight excluding hydrogens is 340 g/mol. The molecule has 0 radical (unpaired) electrons. The SMILES string of the molecule is CO[C@@]1(C)C=CC(=O)[C@@H](c2ccc(S(=O)(=O)c3ccccc3)cc2)O1. The van der Waals surface area contributed by atoms with Crippen LogP contribution in [0.5, 0.6) is 0 Å². The molecule has 5 nitrogen and oxygen atoms in total. The van der Waals surface area contributed by atoms with Crippen LogP contribution in [0.2, 0.25) is 0 Å². The van der Waals surface area contributed by atoms with Gasteiger partial charge in [-0.15, -0.1) is 0 Å². The van der Waals surface area contributed by atoms with E-state index in [1.807, 2.05) is 0 Å². The fraction of sp³-hybridized carbons (Fsp3) is 0.211. The zero-order chi connectivity index (χ0) is 18.1. The van der Waals surface area contributed by atoms with Crippen LogP contribution in [0.15, 0.2) is 76.5 Å². The van der Waals surface area contributed by atoms with Gasteiger partial charge in [0.2, 0.25) is 9.84 Å². The Balaban J connectivity index is 1.91. The van der Waals surface area contributed by atoms with Gasteiger partial charge in [0.25, 0.3) is 0 Å². The summed E-state index contributed by atoms with van der Waals surface area (Å²) in [5.41, 5.74) is 0.574. The maximum atomic E-state index is 12.6. The van der Waals surface area contributed by atoms with Crippen LogP contribution in [-0.4, -0.2) is 27.1 Å². The number of ether oxygens (including phenoxy) is 2. The molecule has 0 aliphatic carbocycles. The van der Waals surface area contributed by atoms with Crippen LogP contribution in [0.3, 0.4) is 0 Å². The van der Waals surface area contributed by atoms with Gasteiger partial charge >= 0.3 is 0 Å². The molecule has 2 aromatic carbocycles. The lowest BCUT2D eigenvalue weighted by Crippen LogP contribution is -2.36. The number of sulfone groups is 1. The molecule has 0 aromatic heterocycles. The molecule has 2 atom stereocenters. The first-order valence-corrected chi connectivity index (χ1v) is 9.20. The van der Waals surface area contributed by atoms with Gasteiger partial charge in [0.1, 0.15) is 6.10 Å². The van der Waals surface area contributed by atoms with Gasteiger partial charge in [-0.25, -0.2) is 8.42 Å². The molecule has 130 valence electrons. The fourth-order valence-electron chi connectivity index (χ4n) is 2.56. The summed E-state index contributed by atoms with van der Waals surface area (Å²) in [4.78, 5) is 12.5. The van der Waals surface area contributed by atoms with Gasteiger partial charge in [-0.1, -0.05) is 30.3 Å². The van der Waals surface area contributed by atoms with Crippen molar-refractivity contribution < 1.29 is 22.7 Å². The van der Waals surface area contributed by atoms with Gasteiger partial charge in [-0.2, -0.15) is 0 Å². The Morgan fingerprint density at radius 3 is 2.20 bits per heavy atom. The lowest BCUT2D eigenvalue weighted by molar-refractivity contribution is -0.209. The largest absolute Gasteiger partial charge is 0.350 e. The molecule has 1 heterocycles.